The zero-order chi connectivity index (χ0) is 25.0. The Kier molecular flexibility index (Phi) is 6.21. The predicted octanol–water partition coefficient (Wildman–Crippen LogP) is 3.60. The Morgan fingerprint density at radius 1 is 1.03 bits per heavy atom. The van der Waals surface area contributed by atoms with Gasteiger partial charge in [-0.2, -0.15) is 5.10 Å². The molecule has 0 aliphatic carbocycles. The number of carbonyl (C=O) groups is 1. The van der Waals surface area contributed by atoms with Crippen molar-refractivity contribution in [2.75, 3.05) is 11.1 Å². The number of thioether (sulfide) groups is 1. The Hall–Kier alpha value is -4.71. The first-order valence-electron chi connectivity index (χ1n) is 11.5. The summed E-state index contributed by atoms with van der Waals surface area (Å²) in [5, 5.41) is 16.6. The Bertz CT molecular complexity index is 1600. The summed E-state index contributed by atoms with van der Waals surface area (Å²) in [6.45, 7) is 0.931. The van der Waals surface area contributed by atoms with E-state index < -0.39 is 0 Å². The molecule has 1 N–H and O–H groups in total. The van der Waals surface area contributed by atoms with Crippen LogP contribution in [-0.2, 0) is 17.9 Å². The van der Waals surface area contributed by atoms with Gasteiger partial charge in [-0.05, 0) is 36.4 Å². The van der Waals surface area contributed by atoms with Gasteiger partial charge in [0.25, 0.3) is 0 Å². The van der Waals surface area contributed by atoms with E-state index in [1.165, 1.54) is 11.8 Å². The number of hydrogen-bond acceptors (Lipinski definition) is 8. The maximum Gasteiger partial charge on any atom is 0.236 e. The van der Waals surface area contributed by atoms with Crippen molar-refractivity contribution in [3.8, 4) is 11.4 Å². The Morgan fingerprint density at radius 3 is 2.84 bits per heavy atom. The summed E-state index contributed by atoms with van der Waals surface area (Å²) in [6.07, 6.45) is 10.8. The first-order valence-corrected chi connectivity index (χ1v) is 12.4. The first-order chi connectivity index (χ1) is 18.2. The molecule has 1 amide bonds. The molecule has 0 bridgehead atoms. The molecule has 37 heavy (non-hydrogen) atoms. The number of anilines is 1. The molecule has 0 spiro atoms. The van der Waals surface area contributed by atoms with Crippen LogP contribution in [0.2, 0.25) is 0 Å². The van der Waals surface area contributed by atoms with Crippen LogP contribution in [0.15, 0.2) is 95.4 Å². The third-order valence-electron chi connectivity index (χ3n) is 5.51. The Morgan fingerprint density at radius 2 is 2.00 bits per heavy atom. The highest BCUT2D eigenvalue weighted by Gasteiger charge is 2.17. The van der Waals surface area contributed by atoms with Gasteiger partial charge in [0.1, 0.15) is 11.4 Å². The Balaban J connectivity index is 1.11. The largest absolute Gasteiger partial charge is 0.467 e. The molecule has 0 aromatic carbocycles. The first kappa shape index (κ1) is 22.7. The molecule has 12 heteroatoms. The SMILES string of the molecule is O=C(CSc1nnc(-c2cccnc2)n1Cc1ccco1)Nc1ccn(Cc2cn3ccccc3n2)n1. The summed E-state index contributed by atoms with van der Waals surface area (Å²) >= 11 is 1.29. The zero-order valence-electron chi connectivity index (χ0n) is 19.5. The number of furan rings is 1. The van der Waals surface area contributed by atoms with Crippen LogP contribution in [0.4, 0.5) is 5.82 Å². The third kappa shape index (κ3) is 5.14. The second-order valence-electron chi connectivity index (χ2n) is 8.15. The lowest BCUT2D eigenvalue weighted by atomic mass is 10.2. The molecule has 184 valence electrons. The summed E-state index contributed by atoms with van der Waals surface area (Å²) in [5.74, 6) is 1.83. The summed E-state index contributed by atoms with van der Waals surface area (Å²) in [5.41, 5.74) is 2.58. The van der Waals surface area contributed by atoms with Crippen LogP contribution in [0.25, 0.3) is 17.0 Å². The maximum absolute atomic E-state index is 12.7. The average Bonchev–Trinajstić information content (AvgIpc) is 3.72. The van der Waals surface area contributed by atoms with Crippen LogP contribution in [0.1, 0.15) is 11.5 Å². The van der Waals surface area contributed by atoms with Crippen molar-refractivity contribution in [2.24, 2.45) is 0 Å². The highest BCUT2D eigenvalue weighted by Crippen LogP contribution is 2.25. The maximum atomic E-state index is 12.7. The number of rotatable bonds is 9. The minimum atomic E-state index is -0.196. The summed E-state index contributed by atoms with van der Waals surface area (Å²) in [6, 6.07) is 15.1. The van der Waals surface area contributed by atoms with E-state index in [4.69, 9.17) is 4.42 Å². The van der Waals surface area contributed by atoms with Crippen molar-refractivity contribution in [1.29, 1.82) is 0 Å². The van der Waals surface area contributed by atoms with E-state index in [1.807, 2.05) is 70.0 Å². The molecule has 0 aliphatic rings. The Labute approximate surface area is 215 Å². The normalized spacial score (nSPS) is 11.2. The van der Waals surface area contributed by atoms with Crippen LogP contribution in [0.5, 0.6) is 0 Å². The van der Waals surface area contributed by atoms with Gasteiger partial charge in [0, 0.05) is 42.6 Å². The lowest BCUT2D eigenvalue weighted by molar-refractivity contribution is -0.113. The van der Waals surface area contributed by atoms with E-state index in [-0.39, 0.29) is 11.7 Å². The van der Waals surface area contributed by atoms with E-state index in [2.05, 4.69) is 30.6 Å². The van der Waals surface area contributed by atoms with Gasteiger partial charge in [-0.15, -0.1) is 10.2 Å². The van der Waals surface area contributed by atoms with Crippen LogP contribution in [0.3, 0.4) is 0 Å². The van der Waals surface area contributed by atoms with Crippen molar-refractivity contribution >= 4 is 29.1 Å². The number of fused-ring (bicyclic) bond motifs is 1. The molecule has 0 fully saturated rings. The van der Waals surface area contributed by atoms with Crippen LogP contribution < -0.4 is 5.32 Å². The van der Waals surface area contributed by atoms with Crippen LogP contribution >= 0.6 is 11.8 Å². The number of hydrogen-bond donors (Lipinski definition) is 1. The molecular formula is C25H21N9O2S. The zero-order valence-corrected chi connectivity index (χ0v) is 20.3. The molecule has 6 aromatic rings. The van der Waals surface area contributed by atoms with E-state index >= 15 is 0 Å². The van der Waals surface area contributed by atoms with E-state index in [9.17, 15) is 4.79 Å². The monoisotopic (exact) mass is 511 g/mol. The number of carbonyl (C=O) groups excluding carboxylic acids is 1. The predicted molar refractivity (Wildman–Crippen MR) is 137 cm³/mol. The second-order valence-corrected chi connectivity index (χ2v) is 9.09. The van der Waals surface area contributed by atoms with Gasteiger partial charge in [0.2, 0.25) is 5.91 Å². The van der Waals surface area contributed by atoms with Gasteiger partial charge in [-0.3, -0.25) is 19.0 Å². The van der Waals surface area contributed by atoms with Crippen molar-refractivity contribution in [1.82, 2.24) is 38.9 Å². The molecule has 11 nitrogen and oxygen atoms in total. The number of amides is 1. The van der Waals surface area contributed by atoms with Gasteiger partial charge in [0.05, 0.1) is 30.8 Å². The summed E-state index contributed by atoms with van der Waals surface area (Å²) in [4.78, 5) is 21.5. The standard InChI is InChI=1S/C25H21N9O2S/c35-23(28-21-8-11-33(31-21)15-19-14-32-10-2-1-7-22(32)27-19)17-37-25-30-29-24(18-5-3-9-26-13-18)34(25)16-20-6-4-12-36-20/h1-14H,15-17H2,(H,28,31,35). The molecular weight excluding hydrogens is 490 g/mol. The van der Waals surface area contributed by atoms with Gasteiger partial charge in [-0.25, -0.2) is 4.98 Å². The number of nitrogens with one attached hydrogen (secondary N) is 1. The highest BCUT2D eigenvalue weighted by molar-refractivity contribution is 7.99. The second kappa shape index (κ2) is 10.1. The summed E-state index contributed by atoms with van der Waals surface area (Å²) in [7, 11) is 0. The summed E-state index contributed by atoms with van der Waals surface area (Å²) < 4.78 is 11.1. The van der Waals surface area contributed by atoms with E-state index in [0.29, 0.717) is 29.9 Å². The molecule has 0 atom stereocenters. The smallest absolute Gasteiger partial charge is 0.236 e. The number of aromatic nitrogens is 8. The topological polar surface area (TPSA) is 121 Å². The minimum Gasteiger partial charge on any atom is -0.467 e. The molecule has 0 unspecified atom stereocenters. The van der Waals surface area contributed by atoms with Crippen LogP contribution in [-0.4, -0.2) is 50.6 Å². The lowest BCUT2D eigenvalue weighted by Crippen LogP contribution is -2.15. The van der Waals surface area contributed by atoms with Crippen molar-refractivity contribution < 1.29 is 9.21 Å². The van der Waals surface area contributed by atoms with Gasteiger partial charge in [-0.1, -0.05) is 17.8 Å². The van der Waals surface area contributed by atoms with Crippen molar-refractivity contribution in [3.05, 3.63) is 97.2 Å². The van der Waals surface area contributed by atoms with Gasteiger partial charge < -0.3 is 14.1 Å². The number of nitrogens with zero attached hydrogens (tertiary/aromatic N) is 8. The molecule has 0 radical (unpaired) electrons. The van der Waals surface area contributed by atoms with Gasteiger partial charge in [0.15, 0.2) is 16.8 Å². The number of imidazole rings is 1. The molecule has 0 saturated carbocycles. The number of pyridine rings is 2. The lowest BCUT2D eigenvalue weighted by Gasteiger charge is -2.08. The average molecular weight is 512 g/mol. The van der Waals surface area contributed by atoms with E-state index in [0.717, 1.165) is 22.7 Å². The van der Waals surface area contributed by atoms with Crippen molar-refractivity contribution in [3.63, 3.8) is 0 Å². The third-order valence-corrected chi connectivity index (χ3v) is 6.48. The van der Waals surface area contributed by atoms with Crippen LogP contribution in [0, 0.1) is 0 Å². The molecule has 0 aliphatic heterocycles. The fraction of sp³-hybridized carbons (Fsp3) is 0.120. The fourth-order valence-electron chi connectivity index (χ4n) is 3.86. The fourth-order valence-corrected chi connectivity index (χ4v) is 4.60. The quantitative estimate of drug-likeness (QED) is 0.292. The molecule has 6 aromatic heterocycles. The minimum absolute atomic E-state index is 0.141. The van der Waals surface area contributed by atoms with E-state index in [1.54, 1.807) is 29.4 Å². The van der Waals surface area contributed by atoms with Gasteiger partial charge >= 0.3 is 0 Å². The molecule has 6 heterocycles. The highest BCUT2D eigenvalue weighted by atomic mass is 32.2. The van der Waals surface area contributed by atoms with Crippen molar-refractivity contribution in [2.45, 2.75) is 18.2 Å². The molecule has 0 saturated heterocycles. The molecule has 6 rings (SSSR count).